The Labute approximate surface area is 90.9 Å². The van der Waals surface area contributed by atoms with Crippen LogP contribution in [0, 0.1) is 0 Å². The molecule has 0 bridgehead atoms. The molecule has 68 valence electrons. The number of H-pyrrole nitrogens is 1. The van der Waals surface area contributed by atoms with Crippen LogP contribution in [0.4, 0.5) is 0 Å². The van der Waals surface area contributed by atoms with Gasteiger partial charge in [-0.1, -0.05) is 28.1 Å². The van der Waals surface area contributed by atoms with E-state index in [0.29, 0.717) is 0 Å². The molecule has 0 aliphatic carbocycles. The lowest BCUT2D eigenvalue weighted by Gasteiger charge is -1.95. The maximum atomic E-state index is 3.88. The average molecular weight is 260 g/mol. The molecule has 0 aliphatic heterocycles. The number of halogens is 2. The molecule has 1 aromatic carbocycles. The third kappa shape index (κ3) is 2.32. The van der Waals surface area contributed by atoms with Crippen molar-refractivity contribution in [2.24, 2.45) is 0 Å². The van der Waals surface area contributed by atoms with Crippen molar-refractivity contribution in [3.8, 4) is 11.3 Å². The maximum absolute atomic E-state index is 3.88. The van der Waals surface area contributed by atoms with E-state index in [1.54, 1.807) is 6.20 Å². The normalized spacial score (nSPS) is 9.31. The second kappa shape index (κ2) is 4.44. The summed E-state index contributed by atoms with van der Waals surface area (Å²) in [6.07, 6.45) is 1.75. The third-order valence-corrected chi connectivity index (χ3v) is 2.18. The number of nitrogens with one attached hydrogen (secondary N) is 1. The molecule has 0 amide bonds. The van der Waals surface area contributed by atoms with Gasteiger partial charge < -0.3 is 0 Å². The van der Waals surface area contributed by atoms with Crippen LogP contribution in [0.2, 0.25) is 0 Å². The van der Waals surface area contributed by atoms with Gasteiger partial charge in [0.15, 0.2) is 0 Å². The summed E-state index contributed by atoms with van der Waals surface area (Å²) in [5.41, 5.74) is 2.19. The molecular weight excluding hydrogens is 251 g/mol. The number of hydrogen-bond donors (Lipinski definition) is 1. The number of rotatable bonds is 1. The Balaban J connectivity index is 0.000000845. The van der Waals surface area contributed by atoms with Crippen LogP contribution < -0.4 is 0 Å². The zero-order valence-corrected chi connectivity index (χ0v) is 9.10. The van der Waals surface area contributed by atoms with E-state index in [2.05, 4.69) is 26.1 Å². The van der Waals surface area contributed by atoms with Gasteiger partial charge in [0.2, 0.25) is 0 Å². The maximum Gasteiger partial charge on any atom is 0.0650 e. The number of nitrogens with zero attached hydrogens (tertiary/aromatic N) is 1. The van der Waals surface area contributed by atoms with Gasteiger partial charge in [-0.2, -0.15) is 5.10 Å². The summed E-state index contributed by atoms with van der Waals surface area (Å²) in [6.45, 7) is 0. The van der Waals surface area contributed by atoms with Crippen molar-refractivity contribution in [2.75, 3.05) is 0 Å². The first-order chi connectivity index (χ1) is 5.86. The molecule has 4 heteroatoms. The van der Waals surface area contributed by atoms with Crippen LogP contribution in [0.5, 0.6) is 0 Å². The van der Waals surface area contributed by atoms with E-state index < -0.39 is 0 Å². The Morgan fingerprint density at radius 2 is 1.77 bits per heavy atom. The molecule has 0 radical (unpaired) electrons. The molecule has 1 aromatic heterocycles. The van der Waals surface area contributed by atoms with Gasteiger partial charge in [-0.25, -0.2) is 0 Å². The summed E-state index contributed by atoms with van der Waals surface area (Å²) >= 11 is 3.38. The van der Waals surface area contributed by atoms with Gasteiger partial charge in [-0.3, -0.25) is 5.10 Å². The lowest BCUT2D eigenvalue weighted by atomic mass is 10.2. The standard InChI is InChI=1S/C9H7BrN2.ClH/c10-8-3-1-7(2-4-8)9-5-6-11-12-9;/h1-6H,(H,11,12);1H. The first-order valence-electron chi connectivity index (χ1n) is 3.61. The zero-order chi connectivity index (χ0) is 8.39. The predicted octanol–water partition coefficient (Wildman–Crippen LogP) is 3.26. The Kier molecular flexibility index (Phi) is 3.51. The molecule has 13 heavy (non-hydrogen) atoms. The molecule has 0 fully saturated rings. The minimum absolute atomic E-state index is 0. The van der Waals surface area contributed by atoms with Crippen molar-refractivity contribution in [1.29, 1.82) is 0 Å². The van der Waals surface area contributed by atoms with Crippen molar-refractivity contribution in [1.82, 2.24) is 10.2 Å². The first kappa shape index (κ1) is 10.3. The molecule has 0 atom stereocenters. The van der Waals surface area contributed by atoms with Crippen LogP contribution in [0.1, 0.15) is 0 Å². The molecule has 2 rings (SSSR count). The topological polar surface area (TPSA) is 28.7 Å². The SMILES string of the molecule is Brc1ccc(-c2ccn[nH]2)cc1.Cl. The largest absolute Gasteiger partial charge is 0.278 e. The number of aromatic nitrogens is 2. The fourth-order valence-electron chi connectivity index (χ4n) is 1.05. The van der Waals surface area contributed by atoms with Crippen molar-refractivity contribution in [3.63, 3.8) is 0 Å². The van der Waals surface area contributed by atoms with E-state index in [9.17, 15) is 0 Å². The van der Waals surface area contributed by atoms with Gasteiger partial charge in [-0.05, 0) is 23.8 Å². The molecule has 0 unspecified atom stereocenters. The lowest BCUT2D eigenvalue weighted by Crippen LogP contribution is -1.76. The lowest BCUT2D eigenvalue weighted by molar-refractivity contribution is 1.10. The van der Waals surface area contributed by atoms with E-state index in [4.69, 9.17) is 0 Å². The summed E-state index contributed by atoms with van der Waals surface area (Å²) in [5.74, 6) is 0. The van der Waals surface area contributed by atoms with Gasteiger partial charge in [0.1, 0.15) is 0 Å². The van der Waals surface area contributed by atoms with Crippen LogP contribution in [-0.4, -0.2) is 10.2 Å². The van der Waals surface area contributed by atoms with Crippen molar-refractivity contribution >= 4 is 28.3 Å². The molecule has 1 N–H and O–H groups in total. The zero-order valence-electron chi connectivity index (χ0n) is 6.70. The molecule has 0 aliphatic rings. The van der Waals surface area contributed by atoms with Crippen molar-refractivity contribution < 1.29 is 0 Å². The number of aromatic amines is 1. The molecule has 0 saturated heterocycles. The van der Waals surface area contributed by atoms with Gasteiger partial charge in [0.05, 0.1) is 5.69 Å². The molecular formula is C9H8BrClN2. The van der Waals surface area contributed by atoms with E-state index in [1.807, 2.05) is 30.3 Å². The Morgan fingerprint density at radius 1 is 1.08 bits per heavy atom. The molecule has 1 heterocycles. The van der Waals surface area contributed by atoms with Gasteiger partial charge in [0, 0.05) is 10.7 Å². The second-order valence-corrected chi connectivity index (χ2v) is 3.39. The van der Waals surface area contributed by atoms with Gasteiger partial charge in [-0.15, -0.1) is 12.4 Å². The molecule has 2 aromatic rings. The first-order valence-corrected chi connectivity index (χ1v) is 4.41. The second-order valence-electron chi connectivity index (χ2n) is 2.48. The fourth-order valence-corrected chi connectivity index (χ4v) is 1.31. The van der Waals surface area contributed by atoms with Crippen molar-refractivity contribution in [2.45, 2.75) is 0 Å². The fraction of sp³-hybridized carbons (Fsp3) is 0. The summed E-state index contributed by atoms with van der Waals surface area (Å²) in [7, 11) is 0. The van der Waals surface area contributed by atoms with Crippen LogP contribution in [0.3, 0.4) is 0 Å². The van der Waals surface area contributed by atoms with E-state index in [0.717, 1.165) is 15.7 Å². The molecule has 2 nitrogen and oxygen atoms in total. The quantitative estimate of drug-likeness (QED) is 0.837. The monoisotopic (exact) mass is 258 g/mol. The number of benzene rings is 1. The highest BCUT2D eigenvalue weighted by Gasteiger charge is 1.96. The smallest absolute Gasteiger partial charge is 0.0650 e. The van der Waals surface area contributed by atoms with E-state index in [1.165, 1.54) is 0 Å². The van der Waals surface area contributed by atoms with E-state index in [-0.39, 0.29) is 12.4 Å². The van der Waals surface area contributed by atoms with Crippen LogP contribution in [0.25, 0.3) is 11.3 Å². The summed E-state index contributed by atoms with van der Waals surface area (Å²) in [6, 6.07) is 10.0. The van der Waals surface area contributed by atoms with Gasteiger partial charge in [0.25, 0.3) is 0 Å². The van der Waals surface area contributed by atoms with Crippen LogP contribution >= 0.6 is 28.3 Å². The molecule has 0 spiro atoms. The highest BCUT2D eigenvalue weighted by atomic mass is 79.9. The predicted molar refractivity (Wildman–Crippen MR) is 59.0 cm³/mol. The minimum Gasteiger partial charge on any atom is -0.278 e. The summed E-state index contributed by atoms with van der Waals surface area (Å²) < 4.78 is 1.09. The molecule has 0 saturated carbocycles. The van der Waals surface area contributed by atoms with Gasteiger partial charge >= 0.3 is 0 Å². The Hall–Kier alpha value is -0.800. The highest BCUT2D eigenvalue weighted by molar-refractivity contribution is 9.10. The summed E-state index contributed by atoms with van der Waals surface area (Å²) in [5, 5.41) is 6.79. The minimum atomic E-state index is 0. The van der Waals surface area contributed by atoms with Crippen LogP contribution in [0.15, 0.2) is 41.0 Å². The van der Waals surface area contributed by atoms with Crippen molar-refractivity contribution in [3.05, 3.63) is 41.0 Å². The Morgan fingerprint density at radius 3 is 2.31 bits per heavy atom. The highest BCUT2D eigenvalue weighted by Crippen LogP contribution is 2.18. The third-order valence-electron chi connectivity index (χ3n) is 1.66. The Bertz CT molecular complexity index is 356. The average Bonchev–Trinajstić information content (AvgIpc) is 2.58. The summed E-state index contributed by atoms with van der Waals surface area (Å²) in [4.78, 5) is 0. The number of hydrogen-bond acceptors (Lipinski definition) is 1. The van der Waals surface area contributed by atoms with E-state index >= 15 is 0 Å². The van der Waals surface area contributed by atoms with Crippen LogP contribution in [-0.2, 0) is 0 Å².